The average Bonchev–Trinajstić information content (AvgIpc) is 3.37. The lowest BCUT2D eigenvalue weighted by Gasteiger charge is -2.15. The standard InChI is InChI=1S/C18H15N5O5/c24-6-12-11(25)5-13(28-12)22-8-21-14-15(22)19-7-20-16(14)23-17(26)9-3-1-2-4-10(9)18(23)27/h1-4,7-8,11-13,24-25H,5-6H2. The molecule has 2 aliphatic heterocycles. The van der Waals surface area contributed by atoms with Gasteiger partial charge >= 0.3 is 0 Å². The van der Waals surface area contributed by atoms with E-state index in [0.29, 0.717) is 16.8 Å². The van der Waals surface area contributed by atoms with E-state index in [4.69, 9.17) is 4.74 Å². The Morgan fingerprint density at radius 1 is 1.11 bits per heavy atom. The van der Waals surface area contributed by atoms with Crippen LogP contribution in [0.4, 0.5) is 5.82 Å². The highest BCUT2D eigenvalue weighted by Crippen LogP contribution is 2.34. The molecule has 0 spiro atoms. The maximum Gasteiger partial charge on any atom is 0.267 e. The van der Waals surface area contributed by atoms with Gasteiger partial charge in [-0.25, -0.2) is 19.9 Å². The van der Waals surface area contributed by atoms with Gasteiger partial charge in [0.25, 0.3) is 11.8 Å². The topological polar surface area (TPSA) is 131 Å². The number of fused-ring (bicyclic) bond motifs is 2. The molecule has 142 valence electrons. The zero-order chi connectivity index (χ0) is 19.4. The average molecular weight is 381 g/mol. The molecule has 0 radical (unpaired) electrons. The molecule has 1 aromatic carbocycles. The van der Waals surface area contributed by atoms with Gasteiger partial charge in [-0.05, 0) is 12.1 Å². The molecule has 1 saturated heterocycles. The number of imidazole rings is 1. The van der Waals surface area contributed by atoms with Gasteiger partial charge in [-0.15, -0.1) is 0 Å². The number of ether oxygens (including phenoxy) is 1. The van der Waals surface area contributed by atoms with Crippen LogP contribution < -0.4 is 4.90 Å². The van der Waals surface area contributed by atoms with Crippen molar-refractivity contribution >= 4 is 28.8 Å². The Bertz CT molecular complexity index is 1080. The summed E-state index contributed by atoms with van der Waals surface area (Å²) in [6.45, 7) is -0.306. The summed E-state index contributed by atoms with van der Waals surface area (Å²) in [5.41, 5.74) is 1.25. The Labute approximate surface area is 158 Å². The smallest absolute Gasteiger partial charge is 0.267 e. The number of amides is 2. The Balaban J connectivity index is 1.57. The highest BCUT2D eigenvalue weighted by Gasteiger charge is 2.40. The molecule has 0 aliphatic carbocycles. The van der Waals surface area contributed by atoms with Crippen molar-refractivity contribution in [3.8, 4) is 0 Å². The van der Waals surface area contributed by atoms with E-state index in [1.54, 1.807) is 28.8 Å². The fraction of sp³-hybridized carbons (Fsp3) is 0.278. The molecule has 3 atom stereocenters. The van der Waals surface area contributed by atoms with E-state index in [1.807, 2.05) is 0 Å². The van der Waals surface area contributed by atoms with E-state index < -0.39 is 30.3 Å². The van der Waals surface area contributed by atoms with Gasteiger partial charge in [0.05, 0.1) is 30.2 Å². The van der Waals surface area contributed by atoms with Crippen molar-refractivity contribution in [1.29, 1.82) is 0 Å². The Morgan fingerprint density at radius 3 is 2.46 bits per heavy atom. The third kappa shape index (κ3) is 2.29. The van der Waals surface area contributed by atoms with Crippen LogP contribution in [-0.4, -0.2) is 60.4 Å². The maximum atomic E-state index is 12.8. The number of benzene rings is 1. The van der Waals surface area contributed by atoms with Crippen LogP contribution in [0.15, 0.2) is 36.9 Å². The number of carbonyl (C=O) groups is 2. The SMILES string of the molecule is O=C1c2ccccc2C(=O)N1c1ncnc2c1ncn2C1CC(O)C(CO)O1. The number of hydrogen-bond donors (Lipinski definition) is 2. The number of carbonyl (C=O) groups excluding carboxylic acids is 2. The predicted octanol–water partition coefficient (Wildman–Crippen LogP) is 0.268. The van der Waals surface area contributed by atoms with Crippen LogP contribution in [0.1, 0.15) is 33.4 Å². The molecule has 10 nitrogen and oxygen atoms in total. The third-order valence-electron chi connectivity index (χ3n) is 5.04. The molecule has 2 aliphatic rings. The molecule has 28 heavy (non-hydrogen) atoms. The van der Waals surface area contributed by atoms with Gasteiger partial charge in [0.1, 0.15) is 18.7 Å². The molecule has 5 rings (SSSR count). The number of aliphatic hydroxyl groups excluding tert-OH is 2. The summed E-state index contributed by atoms with van der Waals surface area (Å²) >= 11 is 0. The van der Waals surface area contributed by atoms with Crippen LogP contribution in [0.2, 0.25) is 0 Å². The normalized spacial score (nSPS) is 24.4. The zero-order valence-electron chi connectivity index (χ0n) is 14.5. The Hall–Kier alpha value is -3.21. The second kappa shape index (κ2) is 6.16. The summed E-state index contributed by atoms with van der Waals surface area (Å²) in [4.78, 5) is 39.1. The number of hydrogen-bond acceptors (Lipinski definition) is 8. The summed E-state index contributed by atoms with van der Waals surface area (Å²) < 4.78 is 7.24. The lowest BCUT2D eigenvalue weighted by Crippen LogP contribution is -2.30. The summed E-state index contributed by atoms with van der Waals surface area (Å²) in [5.74, 6) is -0.849. The second-order valence-electron chi connectivity index (χ2n) is 6.63. The molecule has 3 unspecified atom stereocenters. The first-order valence-electron chi connectivity index (χ1n) is 8.70. The zero-order valence-corrected chi connectivity index (χ0v) is 14.5. The highest BCUT2D eigenvalue weighted by atomic mass is 16.5. The molecule has 2 N–H and O–H groups in total. The number of aromatic nitrogens is 4. The molecule has 10 heteroatoms. The molecular weight excluding hydrogens is 366 g/mol. The van der Waals surface area contributed by atoms with Crippen molar-refractivity contribution in [2.75, 3.05) is 11.5 Å². The van der Waals surface area contributed by atoms with Gasteiger partial charge in [-0.3, -0.25) is 14.2 Å². The van der Waals surface area contributed by atoms with E-state index in [0.717, 1.165) is 4.90 Å². The van der Waals surface area contributed by atoms with Crippen LogP contribution in [0.25, 0.3) is 11.2 Å². The van der Waals surface area contributed by atoms with Gasteiger partial charge in [-0.2, -0.15) is 0 Å². The van der Waals surface area contributed by atoms with Crippen LogP contribution in [0.5, 0.6) is 0 Å². The molecule has 2 aromatic heterocycles. The first-order chi connectivity index (χ1) is 13.6. The molecule has 4 heterocycles. The van der Waals surface area contributed by atoms with Gasteiger partial charge in [0.15, 0.2) is 17.0 Å². The maximum absolute atomic E-state index is 12.8. The van der Waals surface area contributed by atoms with Gasteiger partial charge < -0.3 is 14.9 Å². The van der Waals surface area contributed by atoms with E-state index in [-0.39, 0.29) is 24.4 Å². The molecule has 1 fully saturated rings. The minimum atomic E-state index is -0.815. The van der Waals surface area contributed by atoms with Gasteiger partial charge in [0, 0.05) is 6.42 Å². The number of imide groups is 1. The van der Waals surface area contributed by atoms with Crippen molar-refractivity contribution in [2.45, 2.75) is 24.9 Å². The first-order valence-corrected chi connectivity index (χ1v) is 8.70. The Morgan fingerprint density at radius 2 is 1.82 bits per heavy atom. The predicted molar refractivity (Wildman–Crippen MR) is 94.5 cm³/mol. The number of anilines is 1. The lowest BCUT2D eigenvalue weighted by molar-refractivity contribution is -0.0432. The molecule has 3 aromatic rings. The van der Waals surface area contributed by atoms with Gasteiger partial charge in [-0.1, -0.05) is 12.1 Å². The van der Waals surface area contributed by atoms with E-state index in [1.165, 1.54) is 12.7 Å². The quantitative estimate of drug-likeness (QED) is 0.618. The Kier molecular flexibility index (Phi) is 3.72. The van der Waals surface area contributed by atoms with Crippen molar-refractivity contribution in [2.24, 2.45) is 0 Å². The minimum Gasteiger partial charge on any atom is -0.394 e. The van der Waals surface area contributed by atoms with Crippen LogP contribution in [0.3, 0.4) is 0 Å². The minimum absolute atomic E-state index is 0.0900. The second-order valence-corrected chi connectivity index (χ2v) is 6.63. The summed E-state index contributed by atoms with van der Waals surface area (Å²) in [5, 5.41) is 19.3. The van der Waals surface area contributed by atoms with E-state index in [2.05, 4.69) is 15.0 Å². The van der Waals surface area contributed by atoms with Crippen LogP contribution in [-0.2, 0) is 4.74 Å². The monoisotopic (exact) mass is 381 g/mol. The van der Waals surface area contributed by atoms with Crippen molar-refractivity contribution in [3.05, 3.63) is 48.0 Å². The molecule has 0 bridgehead atoms. The molecule has 0 saturated carbocycles. The number of nitrogens with zero attached hydrogens (tertiary/aromatic N) is 5. The first kappa shape index (κ1) is 16.9. The van der Waals surface area contributed by atoms with Crippen LogP contribution >= 0.6 is 0 Å². The summed E-state index contributed by atoms with van der Waals surface area (Å²) in [7, 11) is 0. The summed E-state index contributed by atoms with van der Waals surface area (Å²) in [6.07, 6.45) is 0.863. The largest absolute Gasteiger partial charge is 0.394 e. The van der Waals surface area contributed by atoms with Gasteiger partial charge in [0.2, 0.25) is 0 Å². The fourth-order valence-corrected chi connectivity index (χ4v) is 3.65. The fourth-order valence-electron chi connectivity index (χ4n) is 3.65. The third-order valence-corrected chi connectivity index (χ3v) is 5.04. The van der Waals surface area contributed by atoms with E-state index >= 15 is 0 Å². The van der Waals surface area contributed by atoms with Crippen molar-refractivity contribution in [1.82, 2.24) is 19.5 Å². The number of rotatable bonds is 3. The van der Waals surface area contributed by atoms with Crippen molar-refractivity contribution in [3.63, 3.8) is 0 Å². The molecule has 2 amide bonds. The number of aliphatic hydroxyl groups is 2. The highest BCUT2D eigenvalue weighted by molar-refractivity contribution is 6.35. The van der Waals surface area contributed by atoms with E-state index in [9.17, 15) is 19.8 Å². The van der Waals surface area contributed by atoms with Crippen molar-refractivity contribution < 1.29 is 24.5 Å². The summed E-state index contributed by atoms with van der Waals surface area (Å²) in [6, 6.07) is 6.57. The molecular formula is C18H15N5O5. The van der Waals surface area contributed by atoms with Crippen LogP contribution in [0, 0.1) is 0 Å². The lowest BCUT2D eigenvalue weighted by atomic mass is 10.1.